The Bertz CT molecular complexity index is 877. The number of rotatable bonds is 5. The Kier molecular flexibility index (Phi) is 5.11. The minimum Gasteiger partial charge on any atom is -0.467 e. The van der Waals surface area contributed by atoms with E-state index in [1.165, 1.54) is 24.7 Å². The molecule has 126 valence electrons. The third-order valence-electron chi connectivity index (χ3n) is 3.37. The molecule has 0 saturated heterocycles. The number of nitrogens with one attached hydrogen (secondary N) is 2. The van der Waals surface area contributed by atoms with E-state index in [0.29, 0.717) is 16.5 Å². The van der Waals surface area contributed by atoms with Crippen LogP contribution >= 0.6 is 11.6 Å². The van der Waals surface area contributed by atoms with Crippen LogP contribution in [0.4, 0.5) is 5.69 Å². The summed E-state index contributed by atoms with van der Waals surface area (Å²) < 4.78 is 5.15. The summed E-state index contributed by atoms with van der Waals surface area (Å²) in [6, 6.07) is 11.7. The highest BCUT2D eigenvalue weighted by molar-refractivity contribution is 6.30. The number of amides is 2. The number of nitrogens with zero attached hydrogens (tertiary/aromatic N) is 1. The van der Waals surface area contributed by atoms with Crippen LogP contribution in [0.5, 0.6) is 0 Å². The Morgan fingerprint density at radius 2 is 1.76 bits per heavy atom. The van der Waals surface area contributed by atoms with Gasteiger partial charge in [0.2, 0.25) is 0 Å². The number of aromatic nitrogens is 1. The van der Waals surface area contributed by atoms with Crippen molar-refractivity contribution >= 4 is 29.1 Å². The molecule has 6 nitrogen and oxygen atoms in total. The highest BCUT2D eigenvalue weighted by Gasteiger charge is 2.12. The van der Waals surface area contributed by atoms with Gasteiger partial charge < -0.3 is 15.1 Å². The molecule has 25 heavy (non-hydrogen) atoms. The molecule has 0 unspecified atom stereocenters. The highest BCUT2D eigenvalue weighted by Crippen LogP contribution is 2.14. The second kappa shape index (κ2) is 7.63. The van der Waals surface area contributed by atoms with Gasteiger partial charge in [-0.2, -0.15) is 0 Å². The van der Waals surface area contributed by atoms with Crippen LogP contribution in [0, 0.1) is 0 Å². The second-order valence-corrected chi connectivity index (χ2v) is 5.62. The van der Waals surface area contributed by atoms with E-state index in [9.17, 15) is 9.59 Å². The Balaban J connectivity index is 1.66. The quantitative estimate of drug-likeness (QED) is 0.733. The Morgan fingerprint density at radius 3 is 2.44 bits per heavy atom. The number of pyridine rings is 1. The smallest absolute Gasteiger partial charge is 0.257 e. The number of furan rings is 1. The maximum Gasteiger partial charge on any atom is 0.257 e. The number of carbonyl (C=O) groups excluding carboxylic acids is 2. The molecule has 1 aromatic carbocycles. The number of benzene rings is 1. The van der Waals surface area contributed by atoms with Gasteiger partial charge >= 0.3 is 0 Å². The Labute approximate surface area is 148 Å². The fourth-order valence-corrected chi connectivity index (χ4v) is 2.23. The van der Waals surface area contributed by atoms with Gasteiger partial charge in [0.1, 0.15) is 5.76 Å². The van der Waals surface area contributed by atoms with Gasteiger partial charge in [-0.1, -0.05) is 11.6 Å². The molecule has 0 aliphatic rings. The lowest BCUT2D eigenvalue weighted by Gasteiger charge is -2.07. The van der Waals surface area contributed by atoms with Gasteiger partial charge in [-0.15, -0.1) is 0 Å². The molecule has 0 atom stereocenters. The summed E-state index contributed by atoms with van der Waals surface area (Å²) >= 11 is 5.81. The lowest BCUT2D eigenvalue weighted by molar-refractivity contribution is 0.0947. The standard InChI is InChI=1S/C18H14ClN3O3/c19-14-3-5-15(6-4-14)22-18(24)13-8-12(9-20-10-13)17(23)21-11-16-2-1-7-25-16/h1-10H,11H2,(H,21,23)(H,22,24). The maximum absolute atomic E-state index is 12.3. The lowest BCUT2D eigenvalue weighted by Crippen LogP contribution is -2.23. The van der Waals surface area contributed by atoms with Crippen molar-refractivity contribution in [1.29, 1.82) is 0 Å². The Morgan fingerprint density at radius 1 is 1.04 bits per heavy atom. The lowest BCUT2D eigenvalue weighted by atomic mass is 10.2. The molecule has 7 heteroatoms. The van der Waals surface area contributed by atoms with E-state index in [-0.39, 0.29) is 29.5 Å². The van der Waals surface area contributed by atoms with Crippen LogP contribution in [0.15, 0.2) is 65.5 Å². The first-order valence-corrected chi connectivity index (χ1v) is 7.82. The maximum atomic E-state index is 12.3. The predicted molar refractivity (Wildman–Crippen MR) is 93.5 cm³/mol. The molecule has 2 aromatic heterocycles. The SMILES string of the molecule is O=C(NCc1ccco1)c1cncc(C(=O)Nc2ccc(Cl)cc2)c1. The summed E-state index contributed by atoms with van der Waals surface area (Å²) in [5.74, 6) is -0.0708. The molecule has 0 saturated carbocycles. The molecule has 0 spiro atoms. The van der Waals surface area contributed by atoms with Crippen molar-refractivity contribution in [3.05, 3.63) is 83.0 Å². The summed E-state index contributed by atoms with van der Waals surface area (Å²) in [7, 11) is 0. The molecule has 0 aliphatic heterocycles. The molecule has 0 fully saturated rings. The largest absolute Gasteiger partial charge is 0.467 e. The van der Waals surface area contributed by atoms with Gasteiger partial charge in [-0.25, -0.2) is 0 Å². The first-order chi connectivity index (χ1) is 12.1. The van der Waals surface area contributed by atoms with Gasteiger partial charge in [0, 0.05) is 23.1 Å². The number of hydrogen-bond donors (Lipinski definition) is 2. The summed E-state index contributed by atoms with van der Waals surface area (Å²) in [5, 5.41) is 6.00. The Hall–Kier alpha value is -3.12. The van der Waals surface area contributed by atoms with Gasteiger partial charge in [0.25, 0.3) is 11.8 Å². The summed E-state index contributed by atoms with van der Waals surface area (Å²) in [6.45, 7) is 0.257. The molecular weight excluding hydrogens is 342 g/mol. The zero-order chi connectivity index (χ0) is 17.6. The van der Waals surface area contributed by atoms with Crippen LogP contribution in [-0.2, 0) is 6.54 Å². The molecule has 0 bridgehead atoms. The number of anilines is 1. The highest BCUT2D eigenvalue weighted by atomic mass is 35.5. The van der Waals surface area contributed by atoms with E-state index in [4.69, 9.17) is 16.0 Å². The van der Waals surface area contributed by atoms with Gasteiger partial charge in [-0.05, 0) is 42.5 Å². The van der Waals surface area contributed by atoms with Gasteiger partial charge in [-0.3, -0.25) is 14.6 Å². The van der Waals surface area contributed by atoms with Crippen LogP contribution in [0.1, 0.15) is 26.5 Å². The molecular formula is C18H14ClN3O3. The monoisotopic (exact) mass is 355 g/mol. The zero-order valence-corrected chi connectivity index (χ0v) is 13.8. The molecule has 3 rings (SSSR count). The third-order valence-corrected chi connectivity index (χ3v) is 3.62. The molecule has 0 aliphatic carbocycles. The summed E-state index contributed by atoms with van der Waals surface area (Å²) in [5.41, 5.74) is 1.16. The van der Waals surface area contributed by atoms with E-state index in [0.717, 1.165) is 0 Å². The molecule has 2 heterocycles. The predicted octanol–water partition coefficient (Wildman–Crippen LogP) is 3.51. The number of carbonyl (C=O) groups is 2. The second-order valence-electron chi connectivity index (χ2n) is 5.19. The van der Waals surface area contributed by atoms with Crippen LogP contribution in [-0.4, -0.2) is 16.8 Å². The van der Waals surface area contributed by atoms with E-state index < -0.39 is 0 Å². The average Bonchev–Trinajstić information content (AvgIpc) is 3.15. The van der Waals surface area contributed by atoms with Crippen molar-refractivity contribution in [3.8, 4) is 0 Å². The third kappa shape index (κ3) is 4.45. The van der Waals surface area contributed by atoms with E-state index in [1.807, 2.05) is 0 Å². The number of halogens is 1. The minimum atomic E-state index is -0.365. The zero-order valence-electron chi connectivity index (χ0n) is 13.0. The van der Waals surface area contributed by atoms with E-state index in [1.54, 1.807) is 36.4 Å². The summed E-state index contributed by atoms with van der Waals surface area (Å²) in [4.78, 5) is 28.4. The minimum absolute atomic E-state index is 0.257. The van der Waals surface area contributed by atoms with Crippen LogP contribution in [0.2, 0.25) is 5.02 Å². The van der Waals surface area contributed by atoms with Crippen LogP contribution < -0.4 is 10.6 Å². The first kappa shape index (κ1) is 16.7. The fraction of sp³-hybridized carbons (Fsp3) is 0.0556. The van der Waals surface area contributed by atoms with Crippen molar-refractivity contribution in [2.75, 3.05) is 5.32 Å². The van der Waals surface area contributed by atoms with Crippen molar-refractivity contribution in [1.82, 2.24) is 10.3 Å². The van der Waals surface area contributed by atoms with Crippen LogP contribution in [0.25, 0.3) is 0 Å². The van der Waals surface area contributed by atoms with Crippen molar-refractivity contribution in [3.63, 3.8) is 0 Å². The summed E-state index contributed by atoms with van der Waals surface area (Å²) in [6.07, 6.45) is 4.33. The van der Waals surface area contributed by atoms with E-state index in [2.05, 4.69) is 15.6 Å². The molecule has 2 amide bonds. The van der Waals surface area contributed by atoms with Crippen molar-refractivity contribution in [2.24, 2.45) is 0 Å². The average molecular weight is 356 g/mol. The first-order valence-electron chi connectivity index (χ1n) is 7.44. The van der Waals surface area contributed by atoms with Crippen LogP contribution in [0.3, 0.4) is 0 Å². The number of hydrogen-bond acceptors (Lipinski definition) is 4. The topological polar surface area (TPSA) is 84.2 Å². The van der Waals surface area contributed by atoms with Gasteiger partial charge in [0.05, 0.1) is 23.9 Å². The van der Waals surface area contributed by atoms with Crippen molar-refractivity contribution < 1.29 is 14.0 Å². The van der Waals surface area contributed by atoms with E-state index >= 15 is 0 Å². The molecule has 2 N–H and O–H groups in total. The molecule has 0 radical (unpaired) electrons. The molecule has 3 aromatic rings. The fourth-order valence-electron chi connectivity index (χ4n) is 2.11. The van der Waals surface area contributed by atoms with Gasteiger partial charge in [0.15, 0.2) is 0 Å². The van der Waals surface area contributed by atoms with Crippen molar-refractivity contribution in [2.45, 2.75) is 6.54 Å². The normalized spacial score (nSPS) is 10.3.